The van der Waals surface area contributed by atoms with Gasteiger partial charge in [0.25, 0.3) is 0 Å². The molecular weight excluding hydrogens is 272 g/mol. The second kappa shape index (κ2) is 5.09. The summed E-state index contributed by atoms with van der Waals surface area (Å²) in [5.74, 6) is -0.404. The number of carbonyl (C=O) groups excluding carboxylic acids is 1. The first kappa shape index (κ1) is 12.9. The van der Waals surface area contributed by atoms with Crippen LogP contribution in [0.2, 0.25) is 0 Å². The molecule has 1 aromatic carbocycles. The largest absolute Gasteiger partial charge is 0.464 e. The first-order valence-electron chi connectivity index (χ1n) is 6.31. The first-order chi connectivity index (χ1) is 9.72. The van der Waals surface area contributed by atoms with E-state index in [2.05, 4.69) is 18.1 Å². The minimum absolute atomic E-state index is 0.0818. The van der Waals surface area contributed by atoms with Crippen molar-refractivity contribution in [1.29, 1.82) is 0 Å². The molecule has 3 rings (SSSR count). The van der Waals surface area contributed by atoms with E-state index in [0.717, 1.165) is 10.9 Å². The Hall–Kier alpha value is -2.14. The molecule has 4 nitrogen and oxygen atoms in total. The van der Waals surface area contributed by atoms with Gasteiger partial charge in [0.1, 0.15) is 0 Å². The van der Waals surface area contributed by atoms with E-state index >= 15 is 0 Å². The number of fused-ring (bicyclic) bond motifs is 1. The van der Waals surface area contributed by atoms with Crippen LogP contribution in [-0.2, 0) is 4.74 Å². The molecule has 0 aliphatic carbocycles. The zero-order chi connectivity index (χ0) is 14.1. The van der Waals surface area contributed by atoms with Gasteiger partial charge in [0.15, 0.2) is 5.69 Å². The van der Waals surface area contributed by atoms with Gasteiger partial charge in [-0.25, -0.2) is 4.79 Å². The molecule has 1 unspecified atom stereocenters. The summed E-state index contributed by atoms with van der Waals surface area (Å²) in [6.45, 7) is 2.08. The van der Waals surface area contributed by atoms with Crippen LogP contribution in [0.4, 0.5) is 0 Å². The van der Waals surface area contributed by atoms with Crippen LogP contribution in [-0.4, -0.2) is 22.9 Å². The third-order valence-electron chi connectivity index (χ3n) is 3.31. The van der Waals surface area contributed by atoms with Crippen molar-refractivity contribution < 1.29 is 9.53 Å². The lowest BCUT2D eigenvalue weighted by molar-refractivity contribution is 0.0595. The standard InChI is InChI=1S/C15H14N2O2S/c1-10(13-8-5-9-20-13)17-12-7-4-3-6-11(12)14(16-17)15(18)19-2/h3-10H,1-2H3. The molecule has 20 heavy (non-hydrogen) atoms. The minimum atomic E-state index is -0.404. The maximum atomic E-state index is 11.9. The zero-order valence-electron chi connectivity index (χ0n) is 11.2. The van der Waals surface area contributed by atoms with E-state index < -0.39 is 5.97 Å². The Morgan fingerprint density at radius 2 is 2.10 bits per heavy atom. The minimum Gasteiger partial charge on any atom is -0.464 e. The molecule has 0 amide bonds. The Kier molecular flexibility index (Phi) is 3.28. The van der Waals surface area contributed by atoms with Gasteiger partial charge < -0.3 is 4.74 Å². The predicted octanol–water partition coefficient (Wildman–Crippen LogP) is 3.49. The summed E-state index contributed by atoms with van der Waals surface area (Å²) in [6, 6.07) is 11.9. The van der Waals surface area contributed by atoms with E-state index in [4.69, 9.17) is 4.74 Å². The number of nitrogens with zero attached hydrogens (tertiary/aromatic N) is 2. The van der Waals surface area contributed by atoms with Crippen molar-refractivity contribution >= 4 is 28.2 Å². The van der Waals surface area contributed by atoms with E-state index in [1.165, 1.54) is 12.0 Å². The van der Waals surface area contributed by atoms with E-state index in [1.807, 2.05) is 40.4 Å². The molecule has 0 aliphatic heterocycles. The molecule has 2 aromatic heterocycles. The van der Waals surface area contributed by atoms with E-state index in [1.54, 1.807) is 11.3 Å². The Morgan fingerprint density at radius 1 is 1.30 bits per heavy atom. The summed E-state index contributed by atoms with van der Waals surface area (Å²) in [6.07, 6.45) is 0. The third kappa shape index (κ3) is 2.00. The first-order valence-corrected chi connectivity index (χ1v) is 7.19. The lowest BCUT2D eigenvalue weighted by atomic mass is 10.2. The summed E-state index contributed by atoms with van der Waals surface area (Å²) < 4.78 is 6.70. The van der Waals surface area contributed by atoms with Crippen LogP contribution in [0.15, 0.2) is 41.8 Å². The Morgan fingerprint density at radius 3 is 2.80 bits per heavy atom. The van der Waals surface area contributed by atoms with E-state index in [9.17, 15) is 4.79 Å². The maximum absolute atomic E-state index is 11.9. The summed E-state index contributed by atoms with van der Waals surface area (Å²) >= 11 is 1.68. The van der Waals surface area contributed by atoms with Crippen LogP contribution in [0.25, 0.3) is 10.9 Å². The molecule has 0 spiro atoms. The Balaban J connectivity index is 2.19. The fourth-order valence-electron chi connectivity index (χ4n) is 2.28. The number of methoxy groups -OCH3 is 1. The Bertz CT molecular complexity index is 746. The van der Waals surface area contributed by atoms with Gasteiger partial charge in [0.2, 0.25) is 0 Å². The number of benzene rings is 1. The highest BCUT2D eigenvalue weighted by Gasteiger charge is 2.20. The average molecular weight is 286 g/mol. The molecule has 1 atom stereocenters. The SMILES string of the molecule is COC(=O)c1nn(C(C)c2cccs2)c2ccccc12. The lowest BCUT2D eigenvalue weighted by Gasteiger charge is -2.11. The maximum Gasteiger partial charge on any atom is 0.359 e. The van der Waals surface area contributed by atoms with Crippen molar-refractivity contribution in [3.8, 4) is 0 Å². The summed E-state index contributed by atoms with van der Waals surface area (Å²) in [4.78, 5) is 13.1. The van der Waals surface area contributed by atoms with Crippen LogP contribution in [0.3, 0.4) is 0 Å². The fourth-order valence-corrected chi connectivity index (χ4v) is 3.05. The van der Waals surface area contributed by atoms with Gasteiger partial charge >= 0.3 is 5.97 Å². The number of para-hydroxylation sites is 1. The second-order valence-electron chi connectivity index (χ2n) is 4.49. The van der Waals surface area contributed by atoms with Gasteiger partial charge in [-0.05, 0) is 24.4 Å². The molecule has 5 heteroatoms. The van der Waals surface area contributed by atoms with Crippen molar-refractivity contribution in [2.24, 2.45) is 0 Å². The van der Waals surface area contributed by atoms with Gasteiger partial charge in [-0.2, -0.15) is 5.10 Å². The van der Waals surface area contributed by atoms with Gasteiger partial charge in [-0.3, -0.25) is 4.68 Å². The molecular formula is C15H14N2O2S. The van der Waals surface area contributed by atoms with Gasteiger partial charge in [0, 0.05) is 10.3 Å². The van der Waals surface area contributed by atoms with Crippen molar-refractivity contribution in [2.45, 2.75) is 13.0 Å². The van der Waals surface area contributed by atoms with E-state index in [-0.39, 0.29) is 6.04 Å². The molecule has 0 saturated carbocycles. The molecule has 3 aromatic rings. The average Bonchev–Trinajstić information content (AvgIpc) is 3.13. The highest BCUT2D eigenvalue weighted by Crippen LogP contribution is 2.28. The van der Waals surface area contributed by atoms with Crippen LogP contribution >= 0.6 is 11.3 Å². The third-order valence-corrected chi connectivity index (χ3v) is 4.36. The number of ether oxygens (including phenoxy) is 1. The predicted molar refractivity (Wildman–Crippen MR) is 79.2 cm³/mol. The molecule has 2 heterocycles. The zero-order valence-corrected chi connectivity index (χ0v) is 12.1. The number of hydrogen-bond acceptors (Lipinski definition) is 4. The monoisotopic (exact) mass is 286 g/mol. The highest BCUT2D eigenvalue weighted by atomic mass is 32.1. The van der Waals surface area contributed by atoms with Crippen LogP contribution in [0, 0.1) is 0 Å². The highest BCUT2D eigenvalue weighted by molar-refractivity contribution is 7.10. The summed E-state index contributed by atoms with van der Waals surface area (Å²) in [5.41, 5.74) is 1.31. The van der Waals surface area contributed by atoms with Crippen molar-refractivity contribution in [2.75, 3.05) is 7.11 Å². The van der Waals surface area contributed by atoms with Gasteiger partial charge in [-0.15, -0.1) is 11.3 Å². The molecule has 102 valence electrons. The number of hydrogen-bond donors (Lipinski definition) is 0. The van der Waals surface area contributed by atoms with Crippen molar-refractivity contribution in [3.05, 3.63) is 52.3 Å². The Labute approximate surface area is 120 Å². The molecule has 0 radical (unpaired) electrons. The number of thiophene rings is 1. The van der Waals surface area contributed by atoms with Crippen molar-refractivity contribution in [3.63, 3.8) is 0 Å². The fraction of sp³-hybridized carbons (Fsp3) is 0.200. The second-order valence-corrected chi connectivity index (χ2v) is 5.47. The van der Waals surface area contributed by atoms with Crippen LogP contribution < -0.4 is 0 Å². The van der Waals surface area contributed by atoms with Crippen LogP contribution in [0.5, 0.6) is 0 Å². The van der Waals surface area contributed by atoms with Gasteiger partial charge in [0.05, 0.1) is 18.7 Å². The molecule has 0 bridgehead atoms. The lowest BCUT2D eigenvalue weighted by Crippen LogP contribution is -2.09. The van der Waals surface area contributed by atoms with Crippen molar-refractivity contribution in [1.82, 2.24) is 9.78 Å². The molecule has 0 aliphatic rings. The molecule has 0 fully saturated rings. The normalized spacial score (nSPS) is 12.5. The summed E-state index contributed by atoms with van der Waals surface area (Å²) in [5, 5.41) is 7.33. The smallest absolute Gasteiger partial charge is 0.359 e. The number of aromatic nitrogens is 2. The van der Waals surface area contributed by atoms with Crippen LogP contribution in [0.1, 0.15) is 28.3 Å². The number of carbonyl (C=O) groups is 1. The topological polar surface area (TPSA) is 44.1 Å². The van der Waals surface area contributed by atoms with Gasteiger partial charge in [-0.1, -0.05) is 24.3 Å². The quantitative estimate of drug-likeness (QED) is 0.692. The number of esters is 1. The number of rotatable bonds is 3. The summed E-state index contributed by atoms with van der Waals surface area (Å²) in [7, 11) is 1.37. The van der Waals surface area contributed by atoms with E-state index in [0.29, 0.717) is 5.69 Å². The molecule has 0 saturated heterocycles. The molecule has 0 N–H and O–H groups in total.